The van der Waals surface area contributed by atoms with Crippen molar-refractivity contribution in [1.29, 1.82) is 0 Å². The number of carboxylic acid groups (broad SMARTS) is 1. The van der Waals surface area contributed by atoms with E-state index < -0.39 is 5.97 Å². The van der Waals surface area contributed by atoms with Crippen molar-refractivity contribution >= 4 is 27.8 Å². The molecule has 0 aliphatic heterocycles. The molecule has 110 valence electrons. The number of carboxylic acids is 1. The molecule has 1 aromatic carbocycles. The molecule has 1 aromatic rings. The van der Waals surface area contributed by atoms with Crippen LogP contribution >= 0.6 is 15.9 Å². The highest BCUT2D eigenvalue weighted by molar-refractivity contribution is 9.10. The fraction of sp³-hybridized carbons (Fsp3) is 0.467. The summed E-state index contributed by atoms with van der Waals surface area (Å²) < 4.78 is 0.881. The van der Waals surface area contributed by atoms with Crippen molar-refractivity contribution in [3.63, 3.8) is 0 Å². The minimum Gasteiger partial charge on any atom is -0.481 e. The average molecular weight is 342 g/mol. The number of nitrogens with zero attached hydrogens (tertiary/aromatic N) is 1. The number of hydrogen-bond donors (Lipinski definition) is 1. The third-order valence-corrected chi connectivity index (χ3v) is 3.83. The second kappa shape index (κ2) is 7.43. The lowest BCUT2D eigenvalue weighted by atomic mass is 10.1. The van der Waals surface area contributed by atoms with Crippen LogP contribution in [0.25, 0.3) is 0 Å². The SMILES string of the molecule is Cc1c(Br)cccc1C(=O)N(CCC(=O)O)CC(C)C. The molecule has 0 aromatic heterocycles. The maximum absolute atomic E-state index is 12.6. The summed E-state index contributed by atoms with van der Waals surface area (Å²) in [5.41, 5.74) is 1.49. The molecule has 0 radical (unpaired) electrons. The molecule has 0 saturated carbocycles. The molecule has 0 atom stereocenters. The van der Waals surface area contributed by atoms with E-state index in [0.29, 0.717) is 18.0 Å². The van der Waals surface area contributed by atoms with Gasteiger partial charge in [-0.25, -0.2) is 0 Å². The van der Waals surface area contributed by atoms with Gasteiger partial charge >= 0.3 is 5.97 Å². The normalized spacial score (nSPS) is 10.7. The molecule has 0 unspecified atom stereocenters. The van der Waals surface area contributed by atoms with Crippen molar-refractivity contribution < 1.29 is 14.7 Å². The molecule has 5 heteroatoms. The van der Waals surface area contributed by atoms with Crippen molar-refractivity contribution in [2.24, 2.45) is 5.92 Å². The molecule has 0 heterocycles. The van der Waals surface area contributed by atoms with Crippen LogP contribution in [0.15, 0.2) is 22.7 Å². The predicted molar refractivity (Wildman–Crippen MR) is 81.9 cm³/mol. The highest BCUT2D eigenvalue weighted by Crippen LogP contribution is 2.21. The molecule has 4 nitrogen and oxygen atoms in total. The Balaban J connectivity index is 2.96. The quantitative estimate of drug-likeness (QED) is 0.863. The van der Waals surface area contributed by atoms with E-state index in [1.807, 2.05) is 32.9 Å². The number of carbonyl (C=O) groups is 2. The topological polar surface area (TPSA) is 57.6 Å². The van der Waals surface area contributed by atoms with E-state index in [1.54, 1.807) is 11.0 Å². The summed E-state index contributed by atoms with van der Waals surface area (Å²) in [6.07, 6.45) is -0.0362. The van der Waals surface area contributed by atoms with Crippen LogP contribution in [0.4, 0.5) is 0 Å². The largest absolute Gasteiger partial charge is 0.481 e. The minimum atomic E-state index is -0.891. The highest BCUT2D eigenvalue weighted by atomic mass is 79.9. The lowest BCUT2D eigenvalue weighted by molar-refractivity contribution is -0.137. The molecule has 1 N–H and O–H groups in total. The molecular formula is C15H20BrNO3. The summed E-state index contributed by atoms with van der Waals surface area (Å²) >= 11 is 3.41. The van der Waals surface area contributed by atoms with Crippen LogP contribution in [0.1, 0.15) is 36.2 Å². The zero-order valence-electron chi connectivity index (χ0n) is 12.0. The second-order valence-electron chi connectivity index (χ2n) is 5.20. The molecular weight excluding hydrogens is 322 g/mol. The Morgan fingerprint density at radius 3 is 2.55 bits per heavy atom. The van der Waals surface area contributed by atoms with Gasteiger partial charge in [-0.05, 0) is 30.5 Å². The third-order valence-electron chi connectivity index (χ3n) is 2.97. The molecule has 0 bridgehead atoms. The van der Waals surface area contributed by atoms with E-state index in [2.05, 4.69) is 15.9 Å². The standard InChI is InChI=1S/C15H20BrNO3/c1-10(2)9-17(8-7-14(18)19)15(20)12-5-4-6-13(16)11(12)3/h4-6,10H,7-9H2,1-3H3,(H,18,19). The van der Waals surface area contributed by atoms with E-state index in [1.165, 1.54) is 0 Å². The van der Waals surface area contributed by atoms with Crippen molar-refractivity contribution in [3.8, 4) is 0 Å². The first kappa shape index (κ1) is 16.7. The summed E-state index contributed by atoms with van der Waals surface area (Å²) in [5, 5.41) is 8.80. The molecule has 0 aliphatic rings. The predicted octanol–water partition coefficient (Wildman–Crippen LogP) is 3.33. The van der Waals surface area contributed by atoms with Gasteiger partial charge < -0.3 is 10.0 Å². The Hall–Kier alpha value is -1.36. The van der Waals surface area contributed by atoms with Gasteiger partial charge in [0.05, 0.1) is 6.42 Å². The van der Waals surface area contributed by atoms with E-state index in [0.717, 1.165) is 10.0 Å². The monoisotopic (exact) mass is 341 g/mol. The molecule has 0 aliphatic carbocycles. The van der Waals surface area contributed by atoms with Crippen molar-refractivity contribution in [2.75, 3.05) is 13.1 Å². The van der Waals surface area contributed by atoms with Crippen LogP contribution in [0.2, 0.25) is 0 Å². The molecule has 0 fully saturated rings. The number of benzene rings is 1. The van der Waals surface area contributed by atoms with Crippen molar-refractivity contribution in [1.82, 2.24) is 4.90 Å². The lowest BCUT2D eigenvalue weighted by Gasteiger charge is -2.25. The van der Waals surface area contributed by atoms with Crippen molar-refractivity contribution in [2.45, 2.75) is 27.2 Å². The van der Waals surface area contributed by atoms with Gasteiger partial charge in [0, 0.05) is 23.1 Å². The summed E-state index contributed by atoms with van der Waals surface area (Å²) in [6.45, 7) is 6.68. The Morgan fingerprint density at radius 1 is 1.35 bits per heavy atom. The summed E-state index contributed by atoms with van der Waals surface area (Å²) in [6, 6.07) is 5.47. The number of amides is 1. The maximum Gasteiger partial charge on any atom is 0.305 e. The van der Waals surface area contributed by atoms with E-state index in [9.17, 15) is 9.59 Å². The van der Waals surface area contributed by atoms with Crippen LogP contribution in [0.5, 0.6) is 0 Å². The fourth-order valence-corrected chi connectivity index (χ4v) is 2.32. The molecule has 0 saturated heterocycles. The van der Waals surface area contributed by atoms with Gasteiger partial charge in [0.1, 0.15) is 0 Å². The van der Waals surface area contributed by atoms with Gasteiger partial charge in [-0.15, -0.1) is 0 Å². The van der Waals surface area contributed by atoms with Crippen molar-refractivity contribution in [3.05, 3.63) is 33.8 Å². The van der Waals surface area contributed by atoms with Crippen LogP contribution in [0.3, 0.4) is 0 Å². The van der Waals surface area contributed by atoms with Gasteiger partial charge in [-0.2, -0.15) is 0 Å². The summed E-state index contributed by atoms with van der Waals surface area (Å²) in [7, 11) is 0. The molecule has 20 heavy (non-hydrogen) atoms. The summed E-state index contributed by atoms with van der Waals surface area (Å²) in [5.74, 6) is -0.712. The fourth-order valence-electron chi connectivity index (χ4n) is 1.96. The maximum atomic E-state index is 12.6. The first-order valence-corrected chi connectivity index (χ1v) is 7.38. The summed E-state index contributed by atoms with van der Waals surface area (Å²) in [4.78, 5) is 24.9. The van der Waals surface area contributed by atoms with Gasteiger partial charge in [0.15, 0.2) is 0 Å². The third kappa shape index (κ3) is 4.63. The van der Waals surface area contributed by atoms with Crippen LogP contribution < -0.4 is 0 Å². The lowest BCUT2D eigenvalue weighted by Crippen LogP contribution is -2.36. The van der Waals surface area contributed by atoms with Crippen LogP contribution in [-0.2, 0) is 4.79 Å². The molecule has 1 rings (SSSR count). The van der Waals surface area contributed by atoms with Gasteiger partial charge in [-0.1, -0.05) is 35.8 Å². The Kier molecular flexibility index (Phi) is 6.20. The number of hydrogen-bond acceptors (Lipinski definition) is 2. The van der Waals surface area contributed by atoms with E-state index >= 15 is 0 Å². The molecule has 1 amide bonds. The zero-order valence-corrected chi connectivity index (χ0v) is 13.6. The second-order valence-corrected chi connectivity index (χ2v) is 6.06. The molecule has 0 spiro atoms. The first-order valence-electron chi connectivity index (χ1n) is 6.59. The number of aliphatic carboxylic acids is 1. The van der Waals surface area contributed by atoms with E-state index in [4.69, 9.17) is 5.11 Å². The number of rotatable bonds is 6. The number of carbonyl (C=O) groups excluding carboxylic acids is 1. The zero-order chi connectivity index (χ0) is 15.3. The highest BCUT2D eigenvalue weighted by Gasteiger charge is 2.20. The minimum absolute atomic E-state index is 0.0362. The van der Waals surface area contributed by atoms with Crippen LogP contribution in [0, 0.1) is 12.8 Å². The smallest absolute Gasteiger partial charge is 0.305 e. The van der Waals surface area contributed by atoms with Gasteiger partial charge in [0.2, 0.25) is 0 Å². The van der Waals surface area contributed by atoms with E-state index in [-0.39, 0.29) is 18.9 Å². The Morgan fingerprint density at radius 2 is 2.00 bits per heavy atom. The Labute approximate surface area is 127 Å². The van der Waals surface area contributed by atoms with Crippen LogP contribution in [-0.4, -0.2) is 35.0 Å². The average Bonchev–Trinajstić information content (AvgIpc) is 2.36. The number of halogens is 1. The van der Waals surface area contributed by atoms with Gasteiger partial charge in [-0.3, -0.25) is 9.59 Å². The first-order chi connectivity index (χ1) is 9.32. The Bertz CT molecular complexity index is 500. The van der Waals surface area contributed by atoms with Gasteiger partial charge in [0.25, 0.3) is 5.91 Å².